The Hall–Kier alpha value is -1.42. The molecule has 0 bridgehead atoms. The number of hydrogen-bond donors (Lipinski definition) is 2. The molecule has 1 aliphatic heterocycles. The van der Waals surface area contributed by atoms with E-state index in [-0.39, 0.29) is 17.6 Å². The number of hydrogen-bond acceptors (Lipinski definition) is 2. The molecule has 1 aromatic rings. The maximum atomic E-state index is 13.1. The van der Waals surface area contributed by atoms with E-state index in [0.717, 1.165) is 44.3 Å². The van der Waals surface area contributed by atoms with Crippen LogP contribution in [-0.4, -0.2) is 19.0 Å². The molecule has 21 heavy (non-hydrogen) atoms. The summed E-state index contributed by atoms with van der Waals surface area (Å²) in [5.74, 6) is -0.0294. The first kappa shape index (κ1) is 16.0. The summed E-state index contributed by atoms with van der Waals surface area (Å²) in [6.45, 7) is 5.94. The van der Waals surface area contributed by atoms with E-state index in [1.54, 1.807) is 12.1 Å². The molecule has 3 nitrogen and oxygen atoms in total. The van der Waals surface area contributed by atoms with Gasteiger partial charge in [-0.15, -0.1) is 0 Å². The Morgan fingerprint density at radius 3 is 2.33 bits per heavy atom. The van der Waals surface area contributed by atoms with Crippen molar-refractivity contribution in [3.63, 3.8) is 0 Å². The van der Waals surface area contributed by atoms with Gasteiger partial charge in [-0.25, -0.2) is 4.39 Å². The summed E-state index contributed by atoms with van der Waals surface area (Å²) in [6, 6.07) is 6.49. The third kappa shape index (κ3) is 3.62. The molecule has 1 heterocycles. The van der Waals surface area contributed by atoms with Crippen LogP contribution < -0.4 is 10.6 Å². The van der Waals surface area contributed by atoms with Crippen LogP contribution in [0.15, 0.2) is 24.3 Å². The molecule has 1 aromatic carbocycles. The van der Waals surface area contributed by atoms with Gasteiger partial charge in [0, 0.05) is 5.92 Å². The molecule has 0 radical (unpaired) electrons. The van der Waals surface area contributed by atoms with E-state index in [1.165, 1.54) is 12.1 Å². The summed E-state index contributed by atoms with van der Waals surface area (Å²) in [5.41, 5.74) is 0.589. The van der Waals surface area contributed by atoms with Crippen LogP contribution in [0.3, 0.4) is 0 Å². The second kappa shape index (κ2) is 7.03. The van der Waals surface area contributed by atoms with E-state index in [9.17, 15) is 9.18 Å². The van der Waals surface area contributed by atoms with E-state index in [4.69, 9.17) is 0 Å². The molecule has 0 aromatic heterocycles. The first-order chi connectivity index (χ1) is 10.1. The van der Waals surface area contributed by atoms with Crippen LogP contribution in [0.2, 0.25) is 0 Å². The maximum Gasteiger partial charge on any atom is 0.223 e. The largest absolute Gasteiger partial charge is 0.346 e. The topological polar surface area (TPSA) is 41.1 Å². The first-order valence-corrected chi connectivity index (χ1v) is 7.90. The van der Waals surface area contributed by atoms with Crippen LogP contribution in [0, 0.1) is 11.7 Å². The SMILES string of the molecule is CCC(CC)(NC(=O)C1CCNCC1)c1ccc(F)cc1. The molecule has 0 saturated carbocycles. The Balaban J connectivity index is 2.17. The number of nitrogens with one attached hydrogen (secondary N) is 2. The number of piperidine rings is 1. The lowest BCUT2D eigenvalue weighted by Gasteiger charge is -2.36. The number of benzene rings is 1. The molecule has 1 amide bonds. The van der Waals surface area contributed by atoms with Crippen molar-refractivity contribution >= 4 is 5.91 Å². The van der Waals surface area contributed by atoms with Gasteiger partial charge in [0.15, 0.2) is 0 Å². The highest BCUT2D eigenvalue weighted by Gasteiger charge is 2.33. The van der Waals surface area contributed by atoms with Crippen LogP contribution in [0.1, 0.15) is 45.1 Å². The fraction of sp³-hybridized carbons (Fsp3) is 0.588. The standard InChI is InChI=1S/C17H25FN2O/c1-3-17(4-2,14-5-7-15(18)8-6-14)20-16(21)13-9-11-19-12-10-13/h5-8,13,19H,3-4,9-12H2,1-2H3,(H,20,21). The predicted molar refractivity (Wildman–Crippen MR) is 82.4 cm³/mol. The third-order valence-electron chi connectivity index (χ3n) is 4.68. The highest BCUT2D eigenvalue weighted by Crippen LogP contribution is 2.30. The summed E-state index contributed by atoms with van der Waals surface area (Å²) >= 11 is 0. The Morgan fingerprint density at radius 2 is 1.81 bits per heavy atom. The van der Waals surface area contributed by atoms with Crippen molar-refractivity contribution in [3.05, 3.63) is 35.6 Å². The summed E-state index contributed by atoms with van der Waals surface area (Å²) in [6.07, 6.45) is 3.37. The smallest absolute Gasteiger partial charge is 0.223 e. The van der Waals surface area contributed by atoms with Crippen LogP contribution in [0.5, 0.6) is 0 Å². The molecular formula is C17H25FN2O. The minimum absolute atomic E-state index is 0.0872. The van der Waals surface area contributed by atoms with Crippen molar-refractivity contribution < 1.29 is 9.18 Å². The molecule has 116 valence electrons. The molecule has 4 heteroatoms. The van der Waals surface area contributed by atoms with Crippen molar-refractivity contribution in [1.82, 2.24) is 10.6 Å². The van der Waals surface area contributed by atoms with Crippen molar-refractivity contribution in [2.45, 2.75) is 45.1 Å². The van der Waals surface area contributed by atoms with Crippen LogP contribution in [0.25, 0.3) is 0 Å². The molecule has 2 N–H and O–H groups in total. The van der Waals surface area contributed by atoms with Gasteiger partial charge in [0.1, 0.15) is 5.82 Å². The Morgan fingerprint density at radius 1 is 1.24 bits per heavy atom. The van der Waals surface area contributed by atoms with Crippen LogP contribution >= 0.6 is 0 Å². The quantitative estimate of drug-likeness (QED) is 0.876. The van der Waals surface area contributed by atoms with E-state index in [2.05, 4.69) is 24.5 Å². The Labute approximate surface area is 126 Å². The molecule has 1 aliphatic rings. The van der Waals surface area contributed by atoms with Gasteiger partial charge in [-0.05, 0) is 56.5 Å². The molecule has 0 aliphatic carbocycles. The van der Waals surface area contributed by atoms with Gasteiger partial charge in [0.05, 0.1) is 5.54 Å². The number of halogens is 1. The van der Waals surface area contributed by atoms with Crippen molar-refractivity contribution in [3.8, 4) is 0 Å². The lowest BCUT2D eigenvalue weighted by Crippen LogP contribution is -2.49. The summed E-state index contributed by atoms with van der Waals surface area (Å²) in [4.78, 5) is 12.6. The van der Waals surface area contributed by atoms with E-state index in [0.29, 0.717) is 0 Å². The lowest BCUT2D eigenvalue weighted by molar-refractivity contribution is -0.128. The van der Waals surface area contributed by atoms with Crippen LogP contribution in [-0.2, 0) is 10.3 Å². The van der Waals surface area contributed by atoms with Gasteiger partial charge in [0.2, 0.25) is 5.91 Å². The summed E-state index contributed by atoms with van der Waals surface area (Å²) < 4.78 is 13.1. The first-order valence-electron chi connectivity index (χ1n) is 7.90. The van der Waals surface area contributed by atoms with Gasteiger partial charge in [-0.1, -0.05) is 26.0 Å². The lowest BCUT2D eigenvalue weighted by atomic mass is 9.83. The minimum Gasteiger partial charge on any atom is -0.346 e. The summed E-state index contributed by atoms with van der Waals surface area (Å²) in [7, 11) is 0. The molecular weight excluding hydrogens is 267 g/mol. The van der Waals surface area contributed by atoms with E-state index >= 15 is 0 Å². The number of carbonyl (C=O) groups is 1. The van der Waals surface area contributed by atoms with E-state index in [1.807, 2.05) is 0 Å². The predicted octanol–water partition coefficient (Wildman–Crippen LogP) is 2.96. The summed E-state index contributed by atoms with van der Waals surface area (Å²) in [5, 5.41) is 6.52. The van der Waals surface area contributed by atoms with Crippen molar-refractivity contribution in [2.75, 3.05) is 13.1 Å². The van der Waals surface area contributed by atoms with Gasteiger partial charge in [-0.2, -0.15) is 0 Å². The fourth-order valence-corrected chi connectivity index (χ4v) is 3.10. The average molecular weight is 292 g/mol. The molecule has 0 atom stereocenters. The fourth-order valence-electron chi connectivity index (χ4n) is 3.10. The van der Waals surface area contributed by atoms with Crippen molar-refractivity contribution in [1.29, 1.82) is 0 Å². The number of amides is 1. The highest BCUT2D eigenvalue weighted by molar-refractivity contribution is 5.79. The maximum absolute atomic E-state index is 13.1. The van der Waals surface area contributed by atoms with Gasteiger partial charge in [0.25, 0.3) is 0 Å². The Bertz CT molecular complexity index is 462. The second-order valence-corrected chi connectivity index (χ2v) is 5.81. The normalized spacial score (nSPS) is 16.7. The molecule has 0 spiro atoms. The monoisotopic (exact) mass is 292 g/mol. The highest BCUT2D eigenvalue weighted by atomic mass is 19.1. The van der Waals surface area contributed by atoms with Crippen LogP contribution in [0.4, 0.5) is 4.39 Å². The third-order valence-corrected chi connectivity index (χ3v) is 4.68. The second-order valence-electron chi connectivity index (χ2n) is 5.81. The number of rotatable bonds is 5. The van der Waals surface area contributed by atoms with Gasteiger partial charge in [-0.3, -0.25) is 4.79 Å². The zero-order valence-electron chi connectivity index (χ0n) is 12.9. The zero-order chi connectivity index (χ0) is 15.3. The van der Waals surface area contributed by atoms with Gasteiger partial charge < -0.3 is 10.6 Å². The zero-order valence-corrected chi connectivity index (χ0v) is 12.9. The molecule has 1 fully saturated rings. The number of carbonyl (C=O) groups excluding carboxylic acids is 1. The minimum atomic E-state index is -0.393. The Kier molecular flexibility index (Phi) is 5.34. The van der Waals surface area contributed by atoms with Gasteiger partial charge >= 0.3 is 0 Å². The molecule has 1 saturated heterocycles. The van der Waals surface area contributed by atoms with E-state index < -0.39 is 5.54 Å². The van der Waals surface area contributed by atoms with Crippen molar-refractivity contribution in [2.24, 2.45) is 5.92 Å². The molecule has 0 unspecified atom stereocenters. The molecule has 2 rings (SSSR count). The average Bonchev–Trinajstić information content (AvgIpc) is 2.54.